The highest BCUT2D eigenvalue weighted by molar-refractivity contribution is 5.17. The highest BCUT2D eigenvalue weighted by Gasteiger charge is 1.99. The molecule has 0 saturated carbocycles. The summed E-state index contributed by atoms with van der Waals surface area (Å²) < 4.78 is 2.23. The zero-order valence-corrected chi connectivity index (χ0v) is 9.93. The molecule has 0 bridgehead atoms. The van der Waals surface area contributed by atoms with Crippen molar-refractivity contribution in [1.29, 1.82) is 0 Å². The van der Waals surface area contributed by atoms with E-state index < -0.39 is 0 Å². The second-order valence-corrected chi connectivity index (χ2v) is 4.42. The van der Waals surface area contributed by atoms with E-state index in [1.54, 1.807) is 0 Å². The van der Waals surface area contributed by atoms with E-state index in [9.17, 15) is 0 Å². The molecule has 16 heavy (non-hydrogen) atoms. The van der Waals surface area contributed by atoms with E-state index >= 15 is 0 Å². The first-order valence-corrected chi connectivity index (χ1v) is 5.57. The van der Waals surface area contributed by atoms with Crippen LogP contribution in [0.1, 0.15) is 11.1 Å². The lowest BCUT2D eigenvalue weighted by atomic mass is 10.2. The molecule has 1 heterocycles. The molecule has 84 valence electrons. The Bertz CT molecular complexity index is 429. The average Bonchev–Trinajstić information content (AvgIpc) is 2.66. The van der Waals surface area contributed by atoms with Crippen molar-refractivity contribution in [2.24, 2.45) is 0 Å². The van der Waals surface area contributed by atoms with E-state index in [-0.39, 0.29) is 0 Å². The molecule has 0 atom stereocenters. The van der Waals surface area contributed by atoms with Crippen molar-refractivity contribution in [2.75, 3.05) is 14.1 Å². The molecule has 2 rings (SSSR count). The number of rotatable bonds is 4. The average molecular weight is 214 g/mol. The van der Waals surface area contributed by atoms with Crippen LogP contribution < -0.4 is 0 Å². The van der Waals surface area contributed by atoms with Gasteiger partial charge in [-0.2, -0.15) is 0 Å². The van der Waals surface area contributed by atoms with Gasteiger partial charge in [-0.3, -0.25) is 0 Å². The van der Waals surface area contributed by atoms with Crippen LogP contribution in [0.25, 0.3) is 0 Å². The zero-order valence-electron chi connectivity index (χ0n) is 9.93. The molecule has 0 aliphatic heterocycles. The molecular formula is C14H18N2. The van der Waals surface area contributed by atoms with Crippen molar-refractivity contribution >= 4 is 0 Å². The molecule has 0 fully saturated rings. The number of aromatic nitrogens is 1. The highest BCUT2D eigenvalue weighted by Crippen LogP contribution is 2.07. The summed E-state index contributed by atoms with van der Waals surface area (Å²) in [5, 5.41) is 0. The van der Waals surface area contributed by atoms with Gasteiger partial charge >= 0.3 is 0 Å². The Hall–Kier alpha value is -1.54. The first-order chi connectivity index (χ1) is 7.74. The molecule has 1 aromatic heterocycles. The second-order valence-electron chi connectivity index (χ2n) is 4.42. The first-order valence-electron chi connectivity index (χ1n) is 5.57. The summed E-state index contributed by atoms with van der Waals surface area (Å²) in [6.07, 6.45) is 4.36. The third kappa shape index (κ3) is 2.97. The Kier molecular flexibility index (Phi) is 3.42. The third-order valence-corrected chi connectivity index (χ3v) is 2.52. The molecule has 2 nitrogen and oxygen atoms in total. The molecule has 0 aliphatic rings. The lowest BCUT2D eigenvalue weighted by Crippen LogP contribution is -2.09. The standard InChI is InChI=1S/C14H18N2/c1-15(2)10-14-8-9-16(12-14)11-13-6-4-3-5-7-13/h3-9,12H,10-11H2,1-2H3. The van der Waals surface area contributed by atoms with E-state index in [1.807, 2.05) is 0 Å². The van der Waals surface area contributed by atoms with Crippen molar-refractivity contribution in [3.05, 3.63) is 59.9 Å². The van der Waals surface area contributed by atoms with Crippen LogP contribution in [0.3, 0.4) is 0 Å². The predicted octanol–water partition coefficient (Wildman–Crippen LogP) is 2.60. The Morgan fingerprint density at radius 2 is 1.75 bits per heavy atom. The van der Waals surface area contributed by atoms with Gasteiger partial charge in [0, 0.05) is 25.5 Å². The van der Waals surface area contributed by atoms with Gasteiger partial charge < -0.3 is 9.47 Å². The molecule has 0 radical (unpaired) electrons. The molecule has 2 heteroatoms. The van der Waals surface area contributed by atoms with Gasteiger partial charge in [0.2, 0.25) is 0 Å². The van der Waals surface area contributed by atoms with Crippen molar-refractivity contribution in [3.63, 3.8) is 0 Å². The number of benzene rings is 1. The van der Waals surface area contributed by atoms with Crippen LogP contribution in [0.5, 0.6) is 0 Å². The normalized spacial score (nSPS) is 10.9. The minimum atomic E-state index is 0.953. The second kappa shape index (κ2) is 4.99. The van der Waals surface area contributed by atoms with E-state index in [0.717, 1.165) is 13.1 Å². The van der Waals surface area contributed by atoms with E-state index in [0.29, 0.717) is 0 Å². The van der Waals surface area contributed by atoms with Gasteiger partial charge in [0.05, 0.1) is 0 Å². The van der Waals surface area contributed by atoms with Crippen LogP contribution in [-0.2, 0) is 13.1 Å². The topological polar surface area (TPSA) is 8.17 Å². The quantitative estimate of drug-likeness (QED) is 0.759. The lowest BCUT2D eigenvalue weighted by molar-refractivity contribution is 0.402. The monoisotopic (exact) mass is 214 g/mol. The number of hydrogen-bond donors (Lipinski definition) is 0. The van der Waals surface area contributed by atoms with Gasteiger partial charge in [-0.05, 0) is 31.3 Å². The van der Waals surface area contributed by atoms with Crippen molar-refractivity contribution in [2.45, 2.75) is 13.1 Å². The van der Waals surface area contributed by atoms with Crippen LogP contribution in [0, 0.1) is 0 Å². The summed E-state index contributed by atoms with van der Waals surface area (Å²) in [5.41, 5.74) is 2.70. The Morgan fingerprint density at radius 1 is 1.00 bits per heavy atom. The van der Waals surface area contributed by atoms with Crippen molar-refractivity contribution < 1.29 is 0 Å². The van der Waals surface area contributed by atoms with Gasteiger partial charge in [-0.15, -0.1) is 0 Å². The fourth-order valence-electron chi connectivity index (χ4n) is 1.84. The molecule has 0 aliphatic carbocycles. The third-order valence-electron chi connectivity index (χ3n) is 2.52. The maximum Gasteiger partial charge on any atom is 0.0470 e. The van der Waals surface area contributed by atoms with Gasteiger partial charge in [-0.1, -0.05) is 30.3 Å². The van der Waals surface area contributed by atoms with Crippen molar-refractivity contribution in [3.8, 4) is 0 Å². The molecule has 0 amide bonds. The molecule has 0 saturated heterocycles. The lowest BCUT2D eigenvalue weighted by Gasteiger charge is -2.07. The number of hydrogen-bond acceptors (Lipinski definition) is 1. The Labute approximate surface area is 97.1 Å². The first kappa shape index (κ1) is 11.0. The van der Waals surface area contributed by atoms with Gasteiger partial charge in [0.1, 0.15) is 0 Å². The Balaban J connectivity index is 2.03. The summed E-state index contributed by atoms with van der Waals surface area (Å²) in [4.78, 5) is 2.18. The van der Waals surface area contributed by atoms with E-state index in [1.165, 1.54) is 11.1 Å². The maximum absolute atomic E-state index is 2.23. The maximum atomic E-state index is 2.23. The fraction of sp³-hybridized carbons (Fsp3) is 0.286. The van der Waals surface area contributed by atoms with Crippen LogP contribution in [0.2, 0.25) is 0 Å². The zero-order chi connectivity index (χ0) is 11.4. The molecule has 0 N–H and O–H groups in total. The molecular weight excluding hydrogens is 196 g/mol. The molecule has 2 aromatic rings. The minimum Gasteiger partial charge on any atom is -0.350 e. The summed E-state index contributed by atoms with van der Waals surface area (Å²) in [5.74, 6) is 0. The smallest absolute Gasteiger partial charge is 0.0470 e. The van der Waals surface area contributed by atoms with Crippen LogP contribution in [0.15, 0.2) is 48.8 Å². The summed E-state index contributed by atoms with van der Waals surface area (Å²) in [7, 11) is 4.18. The molecule has 1 aromatic carbocycles. The minimum absolute atomic E-state index is 0.953. The predicted molar refractivity (Wildman–Crippen MR) is 67.4 cm³/mol. The van der Waals surface area contributed by atoms with Crippen LogP contribution >= 0.6 is 0 Å². The summed E-state index contributed by atoms with van der Waals surface area (Å²) >= 11 is 0. The molecule has 0 spiro atoms. The van der Waals surface area contributed by atoms with Gasteiger partial charge in [0.15, 0.2) is 0 Å². The molecule has 0 unspecified atom stereocenters. The van der Waals surface area contributed by atoms with Crippen LogP contribution in [0.4, 0.5) is 0 Å². The largest absolute Gasteiger partial charge is 0.350 e. The van der Waals surface area contributed by atoms with E-state index in [4.69, 9.17) is 0 Å². The van der Waals surface area contributed by atoms with Crippen molar-refractivity contribution in [1.82, 2.24) is 9.47 Å². The fourth-order valence-corrected chi connectivity index (χ4v) is 1.84. The Morgan fingerprint density at radius 3 is 2.44 bits per heavy atom. The van der Waals surface area contributed by atoms with Gasteiger partial charge in [-0.25, -0.2) is 0 Å². The van der Waals surface area contributed by atoms with E-state index in [2.05, 4.69) is 72.4 Å². The van der Waals surface area contributed by atoms with Crippen LogP contribution in [-0.4, -0.2) is 23.6 Å². The SMILES string of the molecule is CN(C)Cc1ccn(Cc2ccccc2)c1. The number of nitrogens with zero attached hydrogens (tertiary/aromatic N) is 2. The highest BCUT2D eigenvalue weighted by atomic mass is 15.1. The summed E-state index contributed by atoms with van der Waals surface area (Å²) in [6.45, 7) is 1.95. The summed E-state index contributed by atoms with van der Waals surface area (Å²) in [6, 6.07) is 12.7. The van der Waals surface area contributed by atoms with Gasteiger partial charge in [0.25, 0.3) is 0 Å².